The maximum absolute atomic E-state index is 12.3. The summed E-state index contributed by atoms with van der Waals surface area (Å²) in [6.45, 7) is 6.04. The van der Waals surface area contributed by atoms with E-state index in [0.29, 0.717) is 6.54 Å². The van der Waals surface area contributed by atoms with Crippen LogP contribution in [0.5, 0.6) is 0 Å². The molecule has 1 aromatic carbocycles. The third kappa shape index (κ3) is 5.79. The zero-order valence-corrected chi connectivity index (χ0v) is 14.8. The van der Waals surface area contributed by atoms with E-state index >= 15 is 0 Å². The van der Waals surface area contributed by atoms with Crippen molar-refractivity contribution in [3.63, 3.8) is 0 Å². The summed E-state index contributed by atoms with van der Waals surface area (Å²) in [5.41, 5.74) is 0.280. The van der Waals surface area contributed by atoms with Crippen LogP contribution in [0.2, 0.25) is 0 Å². The lowest BCUT2D eigenvalue weighted by Gasteiger charge is -2.29. The first-order valence-electron chi connectivity index (χ1n) is 8.15. The fraction of sp³-hybridized carbons (Fsp3) is 0.444. The molecule has 7 nitrogen and oxygen atoms in total. The Morgan fingerprint density at radius 1 is 1.28 bits per heavy atom. The highest BCUT2D eigenvalue weighted by atomic mass is 16.6. The predicted molar refractivity (Wildman–Crippen MR) is 93.4 cm³/mol. The third-order valence-corrected chi connectivity index (χ3v) is 3.51. The standard InChI is InChI=1S/C18H25N3O4/c1-18(2,3)25-17(23)21(19)12-15-10-7-11-20(15)16(22)24-13-14-8-5-4-6-9-14/h4-10,15H,11-13,19H2,1-3H3. The summed E-state index contributed by atoms with van der Waals surface area (Å²) in [6.07, 6.45) is 2.59. The van der Waals surface area contributed by atoms with E-state index in [-0.39, 0.29) is 19.2 Å². The summed E-state index contributed by atoms with van der Waals surface area (Å²) in [7, 11) is 0. The van der Waals surface area contributed by atoms with E-state index in [1.807, 2.05) is 42.5 Å². The number of amides is 2. The van der Waals surface area contributed by atoms with Gasteiger partial charge in [-0.15, -0.1) is 0 Å². The fourth-order valence-electron chi connectivity index (χ4n) is 2.34. The van der Waals surface area contributed by atoms with Gasteiger partial charge in [-0.05, 0) is 26.3 Å². The molecule has 2 rings (SSSR count). The van der Waals surface area contributed by atoms with Crippen LogP contribution < -0.4 is 5.84 Å². The number of nitrogens with zero attached hydrogens (tertiary/aromatic N) is 2. The van der Waals surface area contributed by atoms with Crippen molar-refractivity contribution in [3.8, 4) is 0 Å². The molecule has 7 heteroatoms. The van der Waals surface area contributed by atoms with Gasteiger partial charge in [-0.2, -0.15) is 0 Å². The van der Waals surface area contributed by atoms with Crippen molar-refractivity contribution >= 4 is 12.2 Å². The normalized spacial score (nSPS) is 16.6. The van der Waals surface area contributed by atoms with E-state index in [4.69, 9.17) is 15.3 Å². The molecule has 1 aliphatic heterocycles. The zero-order valence-electron chi connectivity index (χ0n) is 14.8. The second-order valence-electron chi connectivity index (χ2n) is 6.82. The van der Waals surface area contributed by atoms with Crippen LogP contribution >= 0.6 is 0 Å². The Hall–Kier alpha value is -2.54. The predicted octanol–water partition coefficient (Wildman–Crippen LogP) is 2.67. The Bertz CT molecular complexity index is 625. The zero-order chi connectivity index (χ0) is 18.4. The molecule has 25 heavy (non-hydrogen) atoms. The van der Waals surface area contributed by atoms with Crippen LogP contribution in [0.1, 0.15) is 26.3 Å². The maximum atomic E-state index is 12.3. The van der Waals surface area contributed by atoms with Crippen LogP contribution in [0.15, 0.2) is 42.5 Å². The summed E-state index contributed by atoms with van der Waals surface area (Å²) in [6, 6.07) is 9.10. The second kappa shape index (κ2) is 8.02. The molecule has 0 aliphatic carbocycles. The van der Waals surface area contributed by atoms with Crippen LogP contribution in [-0.4, -0.2) is 46.8 Å². The molecule has 0 aromatic heterocycles. The third-order valence-electron chi connectivity index (χ3n) is 3.51. The molecule has 0 spiro atoms. The Labute approximate surface area is 147 Å². The molecule has 2 N–H and O–H groups in total. The quantitative estimate of drug-likeness (QED) is 0.392. The molecule has 0 saturated heterocycles. The largest absolute Gasteiger partial charge is 0.445 e. The molecule has 0 bridgehead atoms. The lowest BCUT2D eigenvalue weighted by molar-refractivity contribution is 0.0203. The summed E-state index contributed by atoms with van der Waals surface area (Å²) >= 11 is 0. The van der Waals surface area contributed by atoms with E-state index in [2.05, 4.69) is 0 Å². The number of carbonyl (C=O) groups excluding carboxylic acids is 2. The number of nitrogens with two attached hydrogens (primary N) is 1. The van der Waals surface area contributed by atoms with Gasteiger partial charge in [0.2, 0.25) is 0 Å². The minimum absolute atomic E-state index is 0.131. The molecule has 1 atom stereocenters. The minimum Gasteiger partial charge on any atom is -0.445 e. The lowest BCUT2D eigenvalue weighted by Crippen LogP contribution is -2.49. The average Bonchev–Trinajstić information content (AvgIpc) is 3.00. The van der Waals surface area contributed by atoms with Crippen LogP contribution in [0, 0.1) is 0 Å². The first-order valence-corrected chi connectivity index (χ1v) is 8.15. The van der Waals surface area contributed by atoms with Gasteiger partial charge in [0.1, 0.15) is 12.2 Å². The molecule has 1 aliphatic rings. The number of hydrogen-bond acceptors (Lipinski definition) is 5. The number of benzene rings is 1. The van der Waals surface area contributed by atoms with Crippen molar-refractivity contribution in [1.29, 1.82) is 0 Å². The first-order chi connectivity index (χ1) is 11.8. The van der Waals surface area contributed by atoms with Gasteiger partial charge in [0.25, 0.3) is 0 Å². The van der Waals surface area contributed by atoms with Crippen molar-refractivity contribution in [2.75, 3.05) is 13.1 Å². The topological polar surface area (TPSA) is 85.1 Å². The number of rotatable bonds is 4. The van der Waals surface area contributed by atoms with Crippen molar-refractivity contribution in [2.24, 2.45) is 5.84 Å². The molecule has 0 radical (unpaired) electrons. The van der Waals surface area contributed by atoms with Gasteiger partial charge in [-0.3, -0.25) is 4.90 Å². The monoisotopic (exact) mass is 347 g/mol. The van der Waals surface area contributed by atoms with Crippen LogP contribution in [0.25, 0.3) is 0 Å². The van der Waals surface area contributed by atoms with E-state index < -0.39 is 17.8 Å². The summed E-state index contributed by atoms with van der Waals surface area (Å²) in [4.78, 5) is 25.8. The van der Waals surface area contributed by atoms with Gasteiger partial charge in [0, 0.05) is 6.54 Å². The molecule has 1 unspecified atom stereocenters. The fourth-order valence-corrected chi connectivity index (χ4v) is 2.34. The molecule has 136 valence electrons. The van der Waals surface area contributed by atoms with Gasteiger partial charge in [-0.25, -0.2) is 20.4 Å². The number of hydrogen-bond donors (Lipinski definition) is 1. The molecular weight excluding hydrogens is 322 g/mol. The molecule has 1 aromatic rings. The average molecular weight is 347 g/mol. The summed E-state index contributed by atoms with van der Waals surface area (Å²) in [5, 5.41) is 0.975. The number of hydrazine groups is 1. The van der Waals surface area contributed by atoms with E-state index in [1.54, 1.807) is 20.8 Å². The minimum atomic E-state index is -0.634. The Morgan fingerprint density at radius 3 is 2.60 bits per heavy atom. The maximum Gasteiger partial charge on any atom is 0.424 e. The summed E-state index contributed by atoms with van der Waals surface area (Å²) in [5.74, 6) is 5.78. The molecule has 2 amide bonds. The Balaban J connectivity index is 1.87. The van der Waals surface area contributed by atoms with Crippen LogP contribution in [0.3, 0.4) is 0 Å². The Morgan fingerprint density at radius 2 is 1.96 bits per heavy atom. The number of ether oxygens (including phenoxy) is 2. The second-order valence-corrected chi connectivity index (χ2v) is 6.82. The van der Waals surface area contributed by atoms with Crippen molar-refractivity contribution in [3.05, 3.63) is 48.0 Å². The van der Waals surface area contributed by atoms with Gasteiger partial charge in [0.05, 0.1) is 12.6 Å². The molecule has 0 saturated carbocycles. The van der Waals surface area contributed by atoms with Gasteiger partial charge in [0.15, 0.2) is 0 Å². The number of carbonyl (C=O) groups is 2. The van der Waals surface area contributed by atoms with E-state index in [9.17, 15) is 9.59 Å². The highest BCUT2D eigenvalue weighted by Crippen LogP contribution is 2.15. The van der Waals surface area contributed by atoms with Crippen LogP contribution in [-0.2, 0) is 16.1 Å². The Kier molecular flexibility index (Phi) is 6.03. The molecular formula is C18H25N3O4. The SMILES string of the molecule is CC(C)(C)OC(=O)N(N)CC1C=CCN1C(=O)OCc1ccccc1. The van der Waals surface area contributed by atoms with Crippen molar-refractivity contribution < 1.29 is 19.1 Å². The van der Waals surface area contributed by atoms with Crippen molar-refractivity contribution in [2.45, 2.75) is 39.0 Å². The van der Waals surface area contributed by atoms with Gasteiger partial charge >= 0.3 is 12.2 Å². The molecule has 1 heterocycles. The van der Waals surface area contributed by atoms with E-state index in [1.165, 1.54) is 4.90 Å². The highest BCUT2D eigenvalue weighted by molar-refractivity contribution is 5.70. The van der Waals surface area contributed by atoms with Gasteiger partial charge < -0.3 is 9.47 Å². The van der Waals surface area contributed by atoms with Gasteiger partial charge in [-0.1, -0.05) is 42.5 Å². The first kappa shape index (κ1) is 18.8. The van der Waals surface area contributed by atoms with E-state index in [0.717, 1.165) is 10.6 Å². The highest BCUT2D eigenvalue weighted by Gasteiger charge is 2.30. The summed E-state index contributed by atoms with van der Waals surface area (Å²) < 4.78 is 10.6. The van der Waals surface area contributed by atoms with Crippen LogP contribution in [0.4, 0.5) is 9.59 Å². The van der Waals surface area contributed by atoms with Crippen molar-refractivity contribution in [1.82, 2.24) is 9.91 Å². The molecule has 0 fully saturated rings. The smallest absolute Gasteiger partial charge is 0.424 e. The lowest BCUT2D eigenvalue weighted by atomic mass is 10.2.